The smallest absolute Gasteiger partial charge is 0.222 e. The lowest BCUT2D eigenvalue weighted by Crippen LogP contribution is -2.45. The van der Waals surface area contributed by atoms with Crippen molar-refractivity contribution in [3.63, 3.8) is 0 Å². The van der Waals surface area contributed by atoms with Crippen LogP contribution in [0.5, 0.6) is 5.75 Å². The van der Waals surface area contributed by atoms with E-state index in [1.165, 1.54) is 5.56 Å². The number of ether oxygens (including phenoxy) is 1. The zero-order chi connectivity index (χ0) is 16.8. The lowest BCUT2D eigenvalue weighted by atomic mass is 9.91. The summed E-state index contributed by atoms with van der Waals surface area (Å²) < 4.78 is 5.40. The van der Waals surface area contributed by atoms with Crippen LogP contribution < -0.4 is 10.5 Å². The van der Waals surface area contributed by atoms with Crippen molar-refractivity contribution in [2.24, 2.45) is 17.6 Å². The zero-order valence-corrected chi connectivity index (χ0v) is 14.6. The molecule has 23 heavy (non-hydrogen) atoms. The van der Waals surface area contributed by atoms with Crippen LogP contribution in [0, 0.1) is 11.8 Å². The molecule has 0 aliphatic carbocycles. The van der Waals surface area contributed by atoms with Crippen molar-refractivity contribution < 1.29 is 9.53 Å². The second-order valence-corrected chi connectivity index (χ2v) is 6.93. The van der Waals surface area contributed by atoms with Crippen molar-refractivity contribution >= 4 is 5.91 Å². The number of hydrogen-bond donors (Lipinski definition) is 1. The molecule has 1 aliphatic heterocycles. The first kappa shape index (κ1) is 17.8. The minimum absolute atomic E-state index is 0.164. The molecule has 3 atom stereocenters. The SMILES string of the molecule is COc1ccccc1CC(C)CC(=O)N1CCCC(C(C)N)C1. The van der Waals surface area contributed by atoms with E-state index >= 15 is 0 Å². The van der Waals surface area contributed by atoms with Gasteiger partial charge in [0.15, 0.2) is 0 Å². The van der Waals surface area contributed by atoms with Crippen LogP contribution in [-0.2, 0) is 11.2 Å². The highest BCUT2D eigenvalue weighted by Crippen LogP contribution is 2.24. The van der Waals surface area contributed by atoms with Gasteiger partial charge in [0.2, 0.25) is 5.91 Å². The lowest BCUT2D eigenvalue weighted by molar-refractivity contribution is -0.134. The van der Waals surface area contributed by atoms with E-state index in [4.69, 9.17) is 10.5 Å². The van der Waals surface area contributed by atoms with Crippen molar-refractivity contribution in [1.29, 1.82) is 0 Å². The maximum atomic E-state index is 12.6. The van der Waals surface area contributed by atoms with Gasteiger partial charge in [-0.05, 0) is 49.7 Å². The molecule has 1 aliphatic rings. The Labute approximate surface area is 140 Å². The number of rotatable bonds is 6. The van der Waals surface area contributed by atoms with Crippen molar-refractivity contribution in [2.75, 3.05) is 20.2 Å². The number of methoxy groups -OCH3 is 1. The molecule has 4 nitrogen and oxygen atoms in total. The molecule has 4 heteroatoms. The monoisotopic (exact) mass is 318 g/mol. The third-order valence-corrected chi connectivity index (χ3v) is 4.84. The summed E-state index contributed by atoms with van der Waals surface area (Å²) in [7, 11) is 1.69. The fourth-order valence-electron chi connectivity index (χ4n) is 3.41. The Kier molecular flexibility index (Phi) is 6.46. The Bertz CT molecular complexity index is 516. The third kappa shape index (κ3) is 4.96. The summed E-state index contributed by atoms with van der Waals surface area (Å²) in [5, 5.41) is 0. The summed E-state index contributed by atoms with van der Waals surface area (Å²) in [5.41, 5.74) is 7.18. The first-order valence-corrected chi connectivity index (χ1v) is 8.66. The summed E-state index contributed by atoms with van der Waals surface area (Å²) in [6, 6.07) is 8.20. The van der Waals surface area contributed by atoms with Crippen LogP contribution in [0.2, 0.25) is 0 Å². The molecule has 0 spiro atoms. The fraction of sp³-hybridized carbons (Fsp3) is 0.632. The maximum absolute atomic E-state index is 12.6. The summed E-state index contributed by atoms with van der Waals surface area (Å²) in [6.07, 6.45) is 3.65. The van der Waals surface area contributed by atoms with Gasteiger partial charge in [0.1, 0.15) is 5.75 Å². The highest BCUT2D eigenvalue weighted by Gasteiger charge is 2.26. The van der Waals surface area contributed by atoms with Crippen molar-refractivity contribution in [2.45, 2.75) is 45.6 Å². The Morgan fingerprint density at radius 1 is 1.39 bits per heavy atom. The molecule has 128 valence electrons. The largest absolute Gasteiger partial charge is 0.496 e. The summed E-state index contributed by atoms with van der Waals surface area (Å²) in [6.45, 7) is 5.88. The van der Waals surface area contributed by atoms with Gasteiger partial charge in [-0.1, -0.05) is 25.1 Å². The number of hydrogen-bond acceptors (Lipinski definition) is 3. The zero-order valence-electron chi connectivity index (χ0n) is 14.6. The molecular formula is C19H30N2O2. The van der Waals surface area contributed by atoms with E-state index in [2.05, 4.69) is 13.0 Å². The molecule has 2 rings (SSSR count). The van der Waals surface area contributed by atoms with Crippen molar-refractivity contribution in [1.82, 2.24) is 4.90 Å². The molecule has 1 fully saturated rings. The number of para-hydroxylation sites is 1. The number of carbonyl (C=O) groups excluding carboxylic acids is 1. The van der Waals surface area contributed by atoms with Crippen LogP contribution in [0.15, 0.2) is 24.3 Å². The molecule has 0 radical (unpaired) electrons. The topological polar surface area (TPSA) is 55.6 Å². The quantitative estimate of drug-likeness (QED) is 0.877. The Balaban J connectivity index is 1.89. The maximum Gasteiger partial charge on any atom is 0.222 e. The van der Waals surface area contributed by atoms with E-state index in [-0.39, 0.29) is 11.9 Å². The predicted octanol–water partition coefficient (Wildman–Crippen LogP) is 2.85. The van der Waals surface area contributed by atoms with Crippen LogP contribution in [0.4, 0.5) is 0 Å². The molecule has 1 aromatic carbocycles. The minimum Gasteiger partial charge on any atom is -0.496 e. The summed E-state index contributed by atoms with van der Waals surface area (Å²) in [4.78, 5) is 14.6. The molecule has 0 bridgehead atoms. The number of piperidine rings is 1. The Morgan fingerprint density at radius 3 is 2.83 bits per heavy atom. The average Bonchev–Trinajstić information content (AvgIpc) is 2.55. The number of carbonyl (C=O) groups is 1. The first-order chi connectivity index (χ1) is 11.0. The lowest BCUT2D eigenvalue weighted by Gasteiger charge is -2.35. The first-order valence-electron chi connectivity index (χ1n) is 8.66. The number of nitrogens with two attached hydrogens (primary N) is 1. The van der Waals surface area contributed by atoms with E-state index in [1.54, 1.807) is 7.11 Å². The fourth-order valence-corrected chi connectivity index (χ4v) is 3.41. The van der Waals surface area contributed by atoms with E-state index in [1.807, 2.05) is 30.0 Å². The molecule has 3 unspecified atom stereocenters. The highest BCUT2D eigenvalue weighted by molar-refractivity contribution is 5.76. The van der Waals surface area contributed by atoms with Gasteiger partial charge < -0.3 is 15.4 Å². The van der Waals surface area contributed by atoms with Gasteiger partial charge in [0, 0.05) is 25.6 Å². The van der Waals surface area contributed by atoms with Crippen molar-refractivity contribution in [3.8, 4) is 5.75 Å². The second kappa shape index (κ2) is 8.34. The van der Waals surface area contributed by atoms with Crippen LogP contribution >= 0.6 is 0 Å². The van der Waals surface area contributed by atoms with E-state index < -0.39 is 0 Å². The van der Waals surface area contributed by atoms with Gasteiger partial charge in [-0.25, -0.2) is 0 Å². The molecule has 0 saturated carbocycles. The van der Waals surface area contributed by atoms with Gasteiger partial charge in [-0.2, -0.15) is 0 Å². The standard InChI is InChI=1S/C19H30N2O2/c1-14(11-16-7-4-5-9-18(16)23-3)12-19(22)21-10-6-8-17(13-21)15(2)20/h4-5,7,9,14-15,17H,6,8,10-13,20H2,1-3H3. The molecule has 2 N–H and O–H groups in total. The molecule has 1 aromatic rings. The molecule has 1 saturated heterocycles. The number of benzene rings is 1. The molecule has 0 aromatic heterocycles. The van der Waals surface area contributed by atoms with Crippen LogP contribution in [0.1, 0.15) is 38.7 Å². The summed E-state index contributed by atoms with van der Waals surface area (Å²) >= 11 is 0. The van der Waals surface area contributed by atoms with E-state index in [0.717, 1.165) is 38.1 Å². The number of likely N-dealkylation sites (tertiary alicyclic amines) is 1. The predicted molar refractivity (Wildman–Crippen MR) is 93.4 cm³/mol. The third-order valence-electron chi connectivity index (χ3n) is 4.84. The number of nitrogens with zero attached hydrogens (tertiary/aromatic N) is 1. The summed E-state index contributed by atoms with van der Waals surface area (Å²) in [5.74, 6) is 1.91. The van der Waals surface area contributed by atoms with Gasteiger partial charge in [0.05, 0.1) is 7.11 Å². The van der Waals surface area contributed by atoms with Crippen LogP contribution in [-0.4, -0.2) is 37.0 Å². The highest BCUT2D eigenvalue weighted by atomic mass is 16.5. The Hall–Kier alpha value is -1.55. The molecule has 1 amide bonds. The van der Waals surface area contributed by atoms with Crippen LogP contribution in [0.3, 0.4) is 0 Å². The Morgan fingerprint density at radius 2 is 2.13 bits per heavy atom. The van der Waals surface area contributed by atoms with Crippen LogP contribution in [0.25, 0.3) is 0 Å². The van der Waals surface area contributed by atoms with Crippen molar-refractivity contribution in [3.05, 3.63) is 29.8 Å². The molecule has 1 heterocycles. The van der Waals surface area contributed by atoms with Gasteiger partial charge in [0.25, 0.3) is 0 Å². The molecular weight excluding hydrogens is 288 g/mol. The van der Waals surface area contributed by atoms with Gasteiger partial charge >= 0.3 is 0 Å². The second-order valence-electron chi connectivity index (χ2n) is 6.93. The number of amides is 1. The van der Waals surface area contributed by atoms with Gasteiger partial charge in [-0.3, -0.25) is 4.79 Å². The average molecular weight is 318 g/mol. The normalized spacial score (nSPS) is 20.9. The van der Waals surface area contributed by atoms with E-state index in [0.29, 0.717) is 18.3 Å². The minimum atomic E-state index is 0.164. The van der Waals surface area contributed by atoms with E-state index in [9.17, 15) is 4.79 Å². The van der Waals surface area contributed by atoms with Gasteiger partial charge in [-0.15, -0.1) is 0 Å².